The summed E-state index contributed by atoms with van der Waals surface area (Å²) in [4.78, 5) is 29.6. The third-order valence-electron chi connectivity index (χ3n) is 8.27. The fourth-order valence-electron chi connectivity index (χ4n) is 6.22. The van der Waals surface area contributed by atoms with Gasteiger partial charge in [0.05, 0.1) is 29.8 Å². The Morgan fingerprint density at radius 3 is 2.80 bits per heavy atom. The minimum absolute atomic E-state index is 0.0249. The Morgan fingerprint density at radius 2 is 2.05 bits per heavy atom. The minimum atomic E-state index is -0.959. The molecule has 1 unspecified atom stereocenters. The molecule has 1 aliphatic rings. The number of aliphatic carboxylic acids is 1. The van der Waals surface area contributed by atoms with E-state index in [4.69, 9.17) is 4.74 Å². The summed E-state index contributed by atoms with van der Waals surface area (Å²) in [5.41, 5.74) is 4.92. The lowest BCUT2D eigenvalue weighted by Gasteiger charge is -2.25. The summed E-state index contributed by atoms with van der Waals surface area (Å²) in [6, 6.07) is 13.5. The van der Waals surface area contributed by atoms with Crippen molar-refractivity contribution in [2.45, 2.75) is 77.8 Å². The van der Waals surface area contributed by atoms with E-state index in [2.05, 4.69) is 50.7 Å². The summed E-state index contributed by atoms with van der Waals surface area (Å²) in [6.07, 6.45) is 0.721. The molecule has 0 saturated carbocycles. The first-order chi connectivity index (χ1) is 21.0. The maximum absolute atomic E-state index is 12.3. The van der Waals surface area contributed by atoms with Gasteiger partial charge in [0.25, 0.3) is 0 Å². The van der Waals surface area contributed by atoms with E-state index >= 15 is 0 Å². The molecule has 3 aromatic heterocycles. The first kappa shape index (κ1) is 30.0. The molecule has 2 atom stereocenters. The number of aryl methyl sites for hydroxylation is 1. The van der Waals surface area contributed by atoms with Crippen LogP contribution in [-0.2, 0) is 24.4 Å². The van der Waals surface area contributed by atoms with E-state index in [9.17, 15) is 19.8 Å². The monoisotopic (exact) mass is 615 g/mol. The number of aliphatic hydroxyl groups is 1. The maximum atomic E-state index is 12.3. The Balaban J connectivity index is 1.40. The van der Waals surface area contributed by atoms with Crippen molar-refractivity contribution in [1.82, 2.24) is 24.9 Å². The van der Waals surface area contributed by atoms with Gasteiger partial charge < -0.3 is 19.9 Å². The van der Waals surface area contributed by atoms with E-state index in [1.807, 2.05) is 19.1 Å². The molecule has 0 aliphatic carbocycles. The van der Waals surface area contributed by atoms with Crippen molar-refractivity contribution < 1.29 is 19.7 Å². The van der Waals surface area contributed by atoms with Gasteiger partial charge in [-0.25, -0.2) is 4.68 Å². The van der Waals surface area contributed by atoms with Crippen LogP contribution in [0.15, 0.2) is 52.6 Å². The van der Waals surface area contributed by atoms with Crippen molar-refractivity contribution >= 4 is 38.4 Å². The number of aromatic nitrogens is 4. The molecular formula is C33H37N5O5S. The van der Waals surface area contributed by atoms with Crippen LogP contribution in [-0.4, -0.2) is 59.3 Å². The molecule has 1 aliphatic heterocycles. The molecule has 0 bridgehead atoms. The molecule has 6 rings (SSSR count). The standard InChI is InChI=1S/C33H37N5O5S/c1-5-23-16-37(17-26-28(43-23)8-9-29(39)34-26)15-22-13-21(12-20-10-11-44-32(20)22)25(14-30(40)41)24-6-7-27-31(19(24)2)35-36-38(27)18-33(3,4)42/h6-13,23,25,42H,5,14-18H2,1-4H3,(H,34,39)(H,40,41)/t23-,25?/m1/s1. The minimum Gasteiger partial charge on any atom is -0.487 e. The Hall–Kier alpha value is -4.06. The van der Waals surface area contributed by atoms with Crippen molar-refractivity contribution in [3.05, 3.63) is 86.1 Å². The highest BCUT2D eigenvalue weighted by Gasteiger charge is 2.27. The second-order valence-electron chi connectivity index (χ2n) is 12.4. The molecule has 0 spiro atoms. The fraction of sp³-hybridized carbons (Fsp3) is 0.394. The number of benzene rings is 2. The smallest absolute Gasteiger partial charge is 0.304 e. The number of thiophene rings is 1. The Bertz CT molecular complexity index is 1900. The van der Waals surface area contributed by atoms with Crippen LogP contribution >= 0.6 is 11.3 Å². The van der Waals surface area contributed by atoms with Crippen LogP contribution in [0, 0.1) is 6.92 Å². The number of pyridine rings is 1. The highest BCUT2D eigenvalue weighted by atomic mass is 32.1. The molecule has 0 amide bonds. The third-order valence-corrected chi connectivity index (χ3v) is 9.28. The molecule has 0 fully saturated rings. The van der Waals surface area contributed by atoms with Gasteiger partial charge in [0.15, 0.2) is 0 Å². The number of carbonyl (C=O) groups is 1. The molecule has 2 aromatic carbocycles. The Labute approximate surface area is 258 Å². The van der Waals surface area contributed by atoms with Gasteiger partial charge in [-0.2, -0.15) is 0 Å². The van der Waals surface area contributed by atoms with Crippen LogP contribution in [0.25, 0.3) is 21.1 Å². The fourth-order valence-corrected chi connectivity index (χ4v) is 7.11. The van der Waals surface area contributed by atoms with Crippen molar-refractivity contribution in [2.75, 3.05) is 6.54 Å². The van der Waals surface area contributed by atoms with Crippen LogP contribution < -0.4 is 10.3 Å². The topological polar surface area (TPSA) is 134 Å². The number of nitrogens with one attached hydrogen (secondary N) is 1. The van der Waals surface area contributed by atoms with Crippen LogP contribution in [0.4, 0.5) is 0 Å². The number of hydrogen-bond acceptors (Lipinski definition) is 8. The highest BCUT2D eigenvalue weighted by Crippen LogP contribution is 2.38. The number of nitrogens with zero attached hydrogens (tertiary/aromatic N) is 4. The Morgan fingerprint density at radius 1 is 1.23 bits per heavy atom. The molecule has 4 heterocycles. The summed E-state index contributed by atoms with van der Waals surface area (Å²) >= 11 is 1.67. The number of carboxylic acids is 1. The summed E-state index contributed by atoms with van der Waals surface area (Å²) in [6.45, 7) is 9.63. The zero-order chi connectivity index (χ0) is 31.2. The number of H-pyrrole nitrogens is 1. The van der Waals surface area contributed by atoms with Gasteiger partial charge in [-0.05, 0) is 84.5 Å². The lowest BCUT2D eigenvalue weighted by molar-refractivity contribution is -0.137. The maximum Gasteiger partial charge on any atom is 0.304 e. The van der Waals surface area contributed by atoms with Gasteiger partial charge in [-0.1, -0.05) is 24.3 Å². The van der Waals surface area contributed by atoms with Crippen molar-refractivity contribution in [1.29, 1.82) is 0 Å². The molecule has 3 N–H and O–H groups in total. The predicted molar refractivity (Wildman–Crippen MR) is 170 cm³/mol. The third kappa shape index (κ3) is 6.12. The highest BCUT2D eigenvalue weighted by molar-refractivity contribution is 7.17. The van der Waals surface area contributed by atoms with Crippen LogP contribution in [0.1, 0.15) is 67.5 Å². The molecule has 0 saturated heterocycles. The first-order valence-electron chi connectivity index (χ1n) is 14.9. The van der Waals surface area contributed by atoms with Gasteiger partial charge in [0, 0.05) is 36.3 Å². The van der Waals surface area contributed by atoms with Crippen LogP contribution in [0.5, 0.6) is 5.75 Å². The molecule has 11 heteroatoms. The van der Waals surface area contributed by atoms with Gasteiger partial charge in [-0.3, -0.25) is 14.5 Å². The number of carboxylic acid groups (broad SMARTS) is 1. The number of hydrogen-bond donors (Lipinski definition) is 3. The number of aromatic amines is 1. The molecule has 230 valence electrons. The van der Waals surface area contributed by atoms with E-state index in [0.29, 0.717) is 30.9 Å². The molecule has 0 radical (unpaired) electrons. The van der Waals surface area contributed by atoms with Crippen molar-refractivity contribution in [2.24, 2.45) is 0 Å². The summed E-state index contributed by atoms with van der Waals surface area (Å²) in [5.74, 6) is -0.587. The molecule has 5 aromatic rings. The summed E-state index contributed by atoms with van der Waals surface area (Å²) < 4.78 is 9.09. The van der Waals surface area contributed by atoms with Gasteiger partial charge >= 0.3 is 5.97 Å². The quantitative estimate of drug-likeness (QED) is 0.206. The van der Waals surface area contributed by atoms with Gasteiger partial charge in [-0.15, -0.1) is 16.4 Å². The van der Waals surface area contributed by atoms with E-state index in [1.165, 1.54) is 6.07 Å². The van der Waals surface area contributed by atoms with Crippen LogP contribution in [0.3, 0.4) is 0 Å². The van der Waals surface area contributed by atoms with E-state index in [-0.39, 0.29) is 24.6 Å². The van der Waals surface area contributed by atoms with Gasteiger partial charge in [0.1, 0.15) is 17.4 Å². The average Bonchev–Trinajstić information content (AvgIpc) is 3.55. The molecule has 44 heavy (non-hydrogen) atoms. The molecular weight excluding hydrogens is 578 g/mol. The predicted octanol–water partition coefficient (Wildman–Crippen LogP) is 5.19. The largest absolute Gasteiger partial charge is 0.487 e. The SMILES string of the molecule is CC[C@@H]1CN(Cc2cc(C(CC(=O)O)c3ccc4c(nnn4CC(C)(C)O)c3C)cc3ccsc23)Cc2[nH]c(=O)ccc2O1. The number of fused-ring (bicyclic) bond motifs is 3. The lowest BCUT2D eigenvalue weighted by atomic mass is 9.84. The Kier molecular flexibility index (Phi) is 8.04. The molecule has 10 nitrogen and oxygen atoms in total. The average molecular weight is 616 g/mol. The number of ether oxygens (including phenoxy) is 1. The zero-order valence-electron chi connectivity index (χ0n) is 25.3. The van der Waals surface area contributed by atoms with Crippen molar-refractivity contribution in [3.63, 3.8) is 0 Å². The van der Waals surface area contributed by atoms with E-state index in [1.54, 1.807) is 35.9 Å². The second kappa shape index (κ2) is 11.8. The van der Waals surface area contributed by atoms with E-state index < -0.39 is 17.5 Å². The van der Waals surface area contributed by atoms with Gasteiger partial charge in [0.2, 0.25) is 5.56 Å². The summed E-state index contributed by atoms with van der Waals surface area (Å²) in [5, 5.41) is 32.2. The summed E-state index contributed by atoms with van der Waals surface area (Å²) in [7, 11) is 0. The van der Waals surface area contributed by atoms with E-state index in [0.717, 1.165) is 50.0 Å². The number of rotatable bonds is 9. The van der Waals surface area contributed by atoms with Crippen LogP contribution in [0.2, 0.25) is 0 Å². The normalized spacial score (nSPS) is 16.5. The lowest BCUT2D eigenvalue weighted by Crippen LogP contribution is -2.32. The second-order valence-corrected chi connectivity index (χ2v) is 13.3. The zero-order valence-corrected chi connectivity index (χ0v) is 26.1. The first-order valence-corrected chi connectivity index (χ1v) is 15.7. The van der Waals surface area contributed by atoms with Crippen molar-refractivity contribution in [3.8, 4) is 5.75 Å².